The molecule has 7 heteroatoms. The standard InChI is InChI=1S/C11H9BrN4OS/c12-9-6(3-5-1-2-18-4-5)7-8(14-9)10(17)16-11(13)15-7/h1-2,4,14H,3H2,(H3,13,15,16,17). The van der Waals surface area contributed by atoms with E-state index in [-0.39, 0.29) is 11.5 Å². The third kappa shape index (κ3) is 1.85. The number of halogens is 1. The maximum atomic E-state index is 11.7. The van der Waals surface area contributed by atoms with Crippen LogP contribution in [0, 0.1) is 0 Å². The second kappa shape index (κ2) is 4.25. The Morgan fingerprint density at radius 3 is 3.00 bits per heavy atom. The summed E-state index contributed by atoms with van der Waals surface area (Å²) < 4.78 is 0.771. The molecule has 0 aliphatic heterocycles. The molecule has 0 aliphatic rings. The maximum Gasteiger partial charge on any atom is 0.276 e. The van der Waals surface area contributed by atoms with Crippen molar-refractivity contribution in [1.82, 2.24) is 15.0 Å². The zero-order chi connectivity index (χ0) is 12.7. The fourth-order valence-electron chi connectivity index (χ4n) is 1.87. The predicted molar refractivity (Wildman–Crippen MR) is 76.0 cm³/mol. The zero-order valence-electron chi connectivity index (χ0n) is 9.16. The minimum atomic E-state index is -0.255. The van der Waals surface area contributed by atoms with Crippen molar-refractivity contribution < 1.29 is 0 Å². The van der Waals surface area contributed by atoms with Crippen LogP contribution in [0.1, 0.15) is 11.1 Å². The van der Waals surface area contributed by atoms with Crippen LogP contribution in [0.5, 0.6) is 0 Å². The molecule has 0 radical (unpaired) electrons. The van der Waals surface area contributed by atoms with Crippen molar-refractivity contribution in [1.29, 1.82) is 0 Å². The van der Waals surface area contributed by atoms with Gasteiger partial charge in [-0.25, -0.2) is 4.98 Å². The third-order valence-electron chi connectivity index (χ3n) is 2.68. The number of nitrogens with zero attached hydrogens (tertiary/aromatic N) is 1. The molecule has 5 nitrogen and oxygen atoms in total. The number of nitrogens with one attached hydrogen (secondary N) is 2. The molecule has 0 bridgehead atoms. The molecule has 3 aromatic rings. The molecule has 0 aromatic carbocycles. The van der Waals surface area contributed by atoms with E-state index < -0.39 is 0 Å². The number of hydrogen-bond donors (Lipinski definition) is 3. The average Bonchev–Trinajstić information content (AvgIpc) is 2.91. The lowest BCUT2D eigenvalue weighted by Crippen LogP contribution is -2.11. The number of nitrogen functional groups attached to an aromatic ring is 1. The number of rotatable bonds is 2. The molecule has 0 saturated heterocycles. The average molecular weight is 325 g/mol. The van der Waals surface area contributed by atoms with Gasteiger partial charge < -0.3 is 10.7 Å². The van der Waals surface area contributed by atoms with Gasteiger partial charge in [0, 0.05) is 12.0 Å². The Morgan fingerprint density at radius 2 is 2.28 bits per heavy atom. The zero-order valence-corrected chi connectivity index (χ0v) is 11.6. The van der Waals surface area contributed by atoms with Gasteiger partial charge in [-0.2, -0.15) is 11.3 Å². The summed E-state index contributed by atoms with van der Waals surface area (Å²) in [5.74, 6) is 0.130. The SMILES string of the molecule is Nc1nc2c(Cc3ccsc3)c(Br)[nH]c2c(=O)[nH]1. The van der Waals surface area contributed by atoms with Gasteiger partial charge in [-0.1, -0.05) is 0 Å². The molecule has 3 rings (SSSR count). The fourth-order valence-corrected chi connectivity index (χ4v) is 3.07. The minimum Gasteiger partial charge on any atom is -0.369 e. The number of aromatic nitrogens is 3. The topological polar surface area (TPSA) is 87.6 Å². The van der Waals surface area contributed by atoms with Crippen molar-refractivity contribution >= 4 is 44.2 Å². The Balaban J connectivity index is 2.22. The summed E-state index contributed by atoms with van der Waals surface area (Å²) in [6.45, 7) is 0. The smallest absolute Gasteiger partial charge is 0.276 e. The molecular formula is C11H9BrN4OS. The van der Waals surface area contributed by atoms with E-state index in [9.17, 15) is 4.79 Å². The minimum absolute atomic E-state index is 0.130. The Labute approximate surface area is 114 Å². The van der Waals surface area contributed by atoms with E-state index in [1.807, 2.05) is 11.4 Å². The van der Waals surface area contributed by atoms with Crippen LogP contribution in [0.4, 0.5) is 5.95 Å². The van der Waals surface area contributed by atoms with Crippen molar-refractivity contribution in [3.63, 3.8) is 0 Å². The van der Waals surface area contributed by atoms with Gasteiger partial charge >= 0.3 is 0 Å². The summed E-state index contributed by atoms with van der Waals surface area (Å²) >= 11 is 5.07. The molecule has 0 aliphatic carbocycles. The van der Waals surface area contributed by atoms with Gasteiger partial charge in [-0.05, 0) is 38.3 Å². The van der Waals surface area contributed by atoms with Crippen molar-refractivity contribution in [2.45, 2.75) is 6.42 Å². The monoisotopic (exact) mass is 324 g/mol. The Hall–Kier alpha value is -1.60. The maximum absolute atomic E-state index is 11.7. The molecule has 0 atom stereocenters. The second-order valence-corrected chi connectivity index (χ2v) is 5.47. The first-order chi connectivity index (χ1) is 8.65. The molecule has 3 heterocycles. The Morgan fingerprint density at radius 1 is 1.44 bits per heavy atom. The fraction of sp³-hybridized carbons (Fsp3) is 0.0909. The van der Waals surface area contributed by atoms with Gasteiger partial charge in [0.05, 0.1) is 4.60 Å². The van der Waals surface area contributed by atoms with E-state index in [1.54, 1.807) is 11.3 Å². The molecule has 0 saturated carbocycles. The number of anilines is 1. The molecule has 3 aromatic heterocycles. The molecule has 0 amide bonds. The van der Waals surface area contributed by atoms with E-state index in [0.29, 0.717) is 17.5 Å². The summed E-state index contributed by atoms with van der Waals surface area (Å²) in [6.07, 6.45) is 0.708. The van der Waals surface area contributed by atoms with Gasteiger partial charge in [0.2, 0.25) is 5.95 Å². The molecule has 0 spiro atoms. The summed E-state index contributed by atoms with van der Waals surface area (Å²) in [4.78, 5) is 21.4. The second-order valence-electron chi connectivity index (χ2n) is 3.90. The lowest BCUT2D eigenvalue weighted by atomic mass is 10.1. The van der Waals surface area contributed by atoms with E-state index in [1.165, 1.54) is 5.56 Å². The highest BCUT2D eigenvalue weighted by Crippen LogP contribution is 2.26. The number of hydrogen-bond acceptors (Lipinski definition) is 4. The largest absolute Gasteiger partial charge is 0.369 e. The lowest BCUT2D eigenvalue weighted by Gasteiger charge is -1.98. The Kier molecular flexibility index (Phi) is 2.71. The number of fused-ring (bicyclic) bond motifs is 1. The molecule has 4 N–H and O–H groups in total. The highest BCUT2D eigenvalue weighted by atomic mass is 79.9. The van der Waals surface area contributed by atoms with Crippen LogP contribution in [0.3, 0.4) is 0 Å². The lowest BCUT2D eigenvalue weighted by molar-refractivity contribution is 1.17. The van der Waals surface area contributed by atoms with Crippen molar-refractivity contribution in [3.05, 3.63) is 42.9 Å². The van der Waals surface area contributed by atoms with Crippen LogP contribution in [0.2, 0.25) is 0 Å². The van der Waals surface area contributed by atoms with Crippen LogP contribution in [0.15, 0.2) is 26.2 Å². The van der Waals surface area contributed by atoms with E-state index in [0.717, 1.165) is 10.2 Å². The first-order valence-corrected chi connectivity index (χ1v) is 6.95. The van der Waals surface area contributed by atoms with Gasteiger partial charge in [0.25, 0.3) is 5.56 Å². The number of nitrogens with two attached hydrogens (primary N) is 1. The van der Waals surface area contributed by atoms with Crippen LogP contribution < -0.4 is 11.3 Å². The first kappa shape index (κ1) is 11.5. The normalized spacial score (nSPS) is 11.2. The van der Waals surface area contributed by atoms with Crippen LogP contribution >= 0.6 is 27.3 Å². The predicted octanol–water partition coefficient (Wildman–Crippen LogP) is 2.25. The summed E-state index contributed by atoms with van der Waals surface area (Å²) in [5.41, 5.74) is 8.52. The van der Waals surface area contributed by atoms with Crippen molar-refractivity contribution in [2.24, 2.45) is 0 Å². The number of aromatic amines is 2. The highest BCUT2D eigenvalue weighted by molar-refractivity contribution is 9.10. The van der Waals surface area contributed by atoms with E-state index >= 15 is 0 Å². The molecule has 0 fully saturated rings. The molecule has 92 valence electrons. The number of thiophene rings is 1. The summed E-state index contributed by atoms with van der Waals surface area (Å²) in [7, 11) is 0. The van der Waals surface area contributed by atoms with E-state index in [4.69, 9.17) is 5.73 Å². The molecule has 0 unspecified atom stereocenters. The van der Waals surface area contributed by atoms with Crippen LogP contribution in [0.25, 0.3) is 11.0 Å². The first-order valence-electron chi connectivity index (χ1n) is 5.22. The summed E-state index contributed by atoms with van der Waals surface area (Å²) in [6, 6.07) is 2.05. The van der Waals surface area contributed by atoms with Gasteiger partial charge in [0.15, 0.2) is 0 Å². The Bertz CT molecular complexity index is 759. The molecular weight excluding hydrogens is 316 g/mol. The summed E-state index contributed by atoms with van der Waals surface area (Å²) in [5, 5.41) is 4.09. The number of H-pyrrole nitrogens is 2. The van der Waals surface area contributed by atoms with Gasteiger partial charge in [-0.15, -0.1) is 0 Å². The quantitative estimate of drug-likeness (QED) is 0.675. The van der Waals surface area contributed by atoms with Gasteiger partial charge in [-0.3, -0.25) is 9.78 Å². The van der Waals surface area contributed by atoms with Crippen molar-refractivity contribution in [3.8, 4) is 0 Å². The van der Waals surface area contributed by atoms with Crippen LogP contribution in [-0.4, -0.2) is 15.0 Å². The highest BCUT2D eigenvalue weighted by Gasteiger charge is 2.14. The van der Waals surface area contributed by atoms with Crippen LogP contribution in [-0.2, 0) is 6.42 Å². The van der Waals surface area contributed by atoms with E-state index in [2.05, 4.69) is 36.3 Å². The third-order valence-corrected chi connectivity index (χ3v) is 4.09. The van der Waals surface area contributed by atoms with Gasteiger partial charge in [0.1, 0.15) is 11.0 Å². The molecule has 18 heavy (non-hydrogen) atoms. The van der Waals surface area contributed by atoms with Crippen molar-refractivity contribution in [2.75, 3.05) is 5.73 Å².